The van der Waals surface area contributed by atoms with E-state index in [9.17, 15) is 52.3 Å². The van der Waals surface area contributed by atoms with Crippen molar-refractivity contribution in [3.8, 4) is 0 Å². The van der Waals surface area contributed by atoms with Gasteiger partial charge in [-0.2, -0.15) is 0 Å². The monoisotopic (exact) mass is 535 g/mol. The first-order valence-electron chi connectivity index (χ1n) is 8.51. The standard InChI is InChI=1S/C18H5BClF10NO2S/c20-5-1-3-6(4-2-5)34(32,33)31-19(7-9(21)13(25)17(29)14(26)10(7)22)8-11(23)15(27)18(30)16(28)12(8)24/h1-4,31H. The van der Waals surface area contributed by atoms with Crippen LogP contribution in [0.2, 0.25) is 5.02 Å². The van der Waals surface area contributed by atoms with E-state index in [-0.39, 0.29) is 5.02 Å². The Kier molecular flexibility index (Phi) is 6.93. The Morgan fingerprint density at radius 1 is 0.559 bits per heavy atom. The summed E-state index contributed by atoms with van der Waals surface area (Å²) in [6, 6.07) is 3.47. The number of hydrogen-bond donors (Lipinski definition) is 1. The zero-order chi connectivity index (χ0) is 25.7. The molecule has 0 spiro atoms. The minimum absolute atomic E-state index is 0.0185. The van der Waals surface area contributed by atoms with Crippen molar-refractivity contribution in [1.82, 2.24) is 4.63 Å². The quantitative estimate of drug-likeness (QED) is 0.234. The summed E-state index contributed by atoms with van der Waals surface area (Å²) in [6.45, 7) is -3.31. The van der Waals surface area contributed by atoms with Gasteiger partial charge in [-0.05, 0) is 24.3 Å². The van der Waals surface area contributed by atoms with E-state index in [4.69, 9.17) is 11.6 Å². The second-order valence-electron chi connectivity index (χ2n) is 6.48. The van der Waals surface area contributed by atoms with E-state index in [0.29, 0.717) is 0 Å². The maximum Gasteiger partial charge on any atom is 0.317 e. The van der Waals surface area contributed by atoms with Crippen molar-refractivity contribution in [1.29, 1.82) is 0 Å². The smallest absolute Gasteiger partial charge is 0.240 e. The summed E-state index contributed by atoms with van der Waals surface area (Å²) in [7, 11) is -5.16. The molecule has 0 amide bonds. The van der Waals surface area contributed by atoms with Crippen LogP contribution < -0.4 is 15.6 Å². The van der Waals surface area contributed by atoms with Crippen molar-refractivity contribution < 1.29 is 52.3 Å². The minimum Gasteiger partial charge on any atom is -0.240 e. The maximum atomic E-state index is 14.4. The molecule has 34 heavy (non-hydrogen) atoms. The van der Waals surface area contributed by atoms with Gasteiger partial charge in [0.05, 0.1) is 4.90 Å². The Balaban J connectivity index is 2.40. The van der Waals surface area contributed by atoms with Gasteiger partial charge in [0.15, 0.2) is 58.2 Å². The summed E-state index contributed by atoms with van der Waals surface area (Å²) in [5.41, 5.74) is -4.45. The summed E-state index contributed by atoms with van der Waals surface area (Å²) in [5, 5.41) is -0.0185. The SMILES string of the molecule is O=S(=O)(NB(c1c(F)c(F)c(F)c(F)c1F)c1c(F)c(F)c(F)c(F)c1F)c1ccc(Cl)cc1. The van der Waals surface area contributed by atoms with Crippen LogP contribution in [0.5, 0.6) is 0 Å². The van der Waals surface area contributed by atoms with Gasteiger partial charge in [0.2, 0.25) is 10.0 Å². The highest BCUT2D eigenvalue weighted by atomic mass is 35.5. The molecule has 0 saturated carbocycles. The van der Waals surface area contributed by atoms with Crippen LogP contribution in [0.3, 0.4) is 0 Å². The predicted molar refractivity (Wildman–Crippen MR) is 99.3 cm³/mol. The highest BCUT2D eigenvalue weighted by molar-refractivity contribution is 7.91. The summed E-state index contributed by atoms with van der Waals surface area (Å²) < 4.78 is 166. The fourth-order valence-corrected chi connectivity index (χ4v) is 4.15. The average Bonchev–Trinajstić information content (AvgIpc) is 2.79. The summed E-state index contributed by atoms with van der Waals surface area (Å²) in [5.74, 6) is -27.3. The van der Waals surface area contributed by atoms with E-state index in [1.807, 2.05) is 0 Å². The van der Waals surface area contributed by atoms with Gasteiger partial charge in [-0.1, -0.05) is 11.6 Å². The van der Waals surface area contributed by atoms with Crippen molar-refractivity contribution in [3.05, 3.63) is 87.5 Å². The lowest BCUT2D eigenvalue weighted by atomic mass is 9.51. The molecule has 3 rings (SSSR count). The van der Waals surface area contributed by atoms with Crippen molar-refractivity contribution >= 4 is 39.4 Å². The van der Waals surface area contributed by atoms with Crippen LogP contribution in [0.15, 0.2) is 29.2 Å². The summed E-state index contributed by atoms with van der Waals surface area (Å²) in [4.78, 5) is -0.811. The normalized spacial score (nSPS) is 11.7. The maximum absolute atomic E-state index is 14.4. The largest absolute Gasteiger partial charge is 0.317 e. The molecule has 3 nitrogen and oxygen atoms in total. The van der Waals surface area contributed by atoms with Gasteiger partial charge in [-0.3, -0.25) is 0 Å². The molecule has 0 bridgehead atoms. The van der Waals surface area contributed by atoms with Crippen molar-refractivity contribution in [2.75, 3.05) is 0 Å². The molecule has 0 heterocycles. The Bertz CT molecular complexity index is 1290. The third-order valence-electron chi connectivity index (χ3n) is 4.46. The molecule has 180 valence electrons. The molecule has 0 radical (unpaired) electrons. The zero-order valence-electron chi connectivity index (χ0n) is 15.8. The van der Waals surface area contributed by atoms with Gasteiger partial charge in [0.1, 0.15) is 0 Å². The second-order valence-corrected chi connectivity index (χ2v) is 8.63. The molecule has 0 aromatic heterocycles. The molecule has 0 aliphatic rings. The van der Waals surface area contributed by atoms with Crippen LogP contribution in [0.25, 0.3) is 0 Å². The molecular weight excluding hydrogens is 531 g/mol. The summed E-state index contributed by atoms with van der Waals surface area (Å²) >= 11 is 5.59. The number of sulfonamides is 1. The first-order valence-corrected chi connectivity index (χ1v) is 10.4. The second kappa shape index (κ2) is 9.11. The molecule has 0 unspecified atom stereocenters. The van der Waals surface area contributed by atoms with Gasteiger partial charge in [-0.25, -0.2) is 57.0 Å². The van der Waals surface area contributed by atoms with E-state index < -0.39 is 90.9 Å². The van der Waals surface area contributed by atoms with Crippen LogP contribution in [0, 0.1) is 58.2 Å². The Hall–Kier alpha value is -2.78. The van der Waals surface area contributed by atoms with Crippen molar-refractivity contribution in [2.45, 2.75) is 4.90 Å². The van der Waals surface area contributed by atoms with Gasteiger partial charge < -0.3 is 0 Å². The first-order chi connectivity index (χ1) is 15.7. The zero-order valence-corrected chi connectivity index (χ0v) is 17.3. The van der Waals surface area contributed by atoms with Crippen molar-refractivity contribution in [2.24, 2.45) is 0 Å². The molecule has 0 aliphatic heterocycles. The number of hydrogen-bond acceptors (Lipinski definition) is 2. The lowest BCUT2D eigenvalue weighted by Crippen LogP contribution is -2.61. The van der Waals surface area contributed by atoms with Crippen LogP contribution >= 0.6 is 11.6 Å². The molecule has 3 aromatic carbocycles. The number of benzene rings is 3. The number of rotatable bonds is 5. The molecule has 16 heteroatoms. The molecule has 0 atom stereocenters. The predicted octanol–water partition coefficient (Wildman–Crippen LogP) is 3.82. The van der Waals surface area contributed by atoms with Crippen molar-refractivity contribution in [3.63, 3.8) is 0 Å². The topological polar surface area (TPSA) is 46.2 Å². The fourth-order valence-electron chi connectivity index (χ4n) is 2.85. The van der Waals surface area contributed by atoms with Crippen LogP contribution in [0.4, 0.5) is 43.9 Å². The molecule has 3 aromatic rings. The molecule has 1 N–H and O–H groups in total. The Morgan fingerprint density at radius 3 is 1.18 bits per heavy atom. The van der Waals surface area contributed by atoms with Gasteiger partial charge >= 0.3 is 6.85 Å². The molecule has 0 aliphatic carbocycles. The number of halogens is 11. The highest BCUT2D eigenvalue weighted by Crippen LogP contribution is 2.21. The fraction of sp³-hybridized carbons (Fsp3) is 0. The third-order valence-corrected chi connectivity index (χ3v) is 6.15. The van der Waals surface area contributed by atoms with Crippen LogP contribution in [-0.4, -0.2) is 15.3 Å². The third kappa shape index (κ3) is 4.23. The Labute approximate surface area is 189 Å². The number of nitrogens with one attached hydrogen (secondary N) is 1. The summed E-state index contributed by atoms with van der Waals surface area (Å²) in [6.07, 6.45) is 0. The lowest BCUT2D eigenvalue weighted by Gasteiger charge is -2.20. The minimum atomic E-state index is -5.16. The van der Waals surface area contributed by atoms with Gasteiger partial charge in [0.25, 0.3) is 0 Å². The lowest BCUT2D eigenvalue weighted by molar-refractivity contribution is 0.382. The van der Waals surface area contributed by atoms with E-state index in [0.717, 1.165) is 24.3 Å². The van der Waals surface area contributed by atoms with Crippen LogP contribution in [-0.2, 0) is 10.0 Å². The van der Waals surface area contributed by atoms with E-state index in [2.05, 4.69) is 0 Å². The van der Waals surface area contributed by atoms with E-state index in [1.165, 1.54) is 4.63 Å². The van der Waals surface area contributed by atoms with Gasteiger partial charge in [0, 0.05) is 15.9 Å². The van der Waals surface area contributed by atoms with Gasteiger partial charge in [-0.15, -0.1) is 0 Å². The molecule has 0 saturated heterocycles. The molecular formula is C18H5BClF10NO2S. The average molecular weight is 536 g/mol. The first kappa shape index (κ1) is 25.8. The highest BCUT2D eigenvalue weighted by Gasteiger charge is 2.42. The molecule has 0 fully saturated rings. The van der Waals surface area contributed by atoms with E-state index in [1.54, 1.807) is 0 Å². The van der Waals surface area contributed by atoms with E-state index >= 15 is 0 Å². The van der Waals surface area contributed by atoms with Crippen LogP contribution in [0.1, 0.15) is 0 Å². The Morgan fingerprint density at radius 2 is 0.853 bits per heavy atom.